The third kappa shape index (κ3) is 10.3. The molecule has 73 heavy (non-hydrogen) atoms. The topological polar surface area (TPSA) is 254 Å². The smallest absolute Gasteiger partial charge is 0.350 e. The Morgan fingerprint density at radius 2 is 1.41 bits per heavy atom. The van der Waals surface area contributed by atoms with E-state index >= 15 is 9.59 Å². The monoisotopic (exact) mass is 1010 g/mol. The summed E-state index contributed by atoms with van der Waals surface area (Å²) in [5, 5.41) is 29.0. The van der Waals surface area contributed by atoms with Crippen molar-refractivity contribution in [1.82, 2.24) is 5.32 Å². The molecule has 388 valence electrons. The number of ketones is 1. The maximum absolute atomic E-state index is 15.7. The first-order chi connectivity index (χ1) is 34.6. The molecule has 3 N–H and O–H groups in total. The molecule has 3 aromatic rings. The van der Waals surface area contributed by atoms with Crippen LogP contribution in [0.15, 0.2) is 115 Å². The van der Waals surface area contributed by atoms with E-state index in [1.807, 2.05) is 0 Å². The average molecular weight is 1010 g/mol. The fraction of sp³-hybridized carbons (Fsp3) is 0.455. The number of aliphatic hydroxyl groups is 2. The Labute approximate surface area is 422 Å². The molecular weight excluding hydrogens is 947 g/mol. The minimum absolute atomic E-state index is 0.0349. The summed E-state index contributed by atoms with van der Waals surface area (Å²) in [6, 6.07) is 22.6. The standard InChI is InChI=1S/C55H61NO17/c1-8-67-40(60)26-18-19-27-41(61)71-45(43(34-20-12-9-13-21-34)56-49(63)35-22-14-10-15-23-35)51(65)70-37-29-55(66)48(72-50(64)36-24-16-11-17-25-36)46-53(7,38(59)28-39-54(46,30-68-39)73-33(4)58)47(62)44(69-32(3)57)42(31(37)2)52(55,5)6/h8-17,20-25,37-39,43-46,48,59,66H,1,18-19,26-30H2,2-7H3,(H,56,63)/t37?,38?,39?,43?,44?,45?,46?,48?,53-,54+,55?/m1/s1. The lowest BCUT2D eigenvalue weighted by Gasteiger charge is -2.67. The van der Waals surface area contributed by atoms with E-state index in [0.29, 0.717) is 5.56 Å². The van der Waals surface area contributed by atoms with Gasteiger partial charge in [0.2, 0.25) is 6.10 Å². The number of unbranched alkanes of at least 4 members (excludes halogenated alkanes) is 1. The van der Waals surface area contributed by atoms with Gasteiger partial charge in [0.25, 0.3) is 5.91 Å². The van der Waals surface area contributed by atoms with Crippen molar-refractivity contribution in [2.24, 2.45) is 16.7 Å². The van der Waals surface area contributed by atoms with Gasteiger partial charge in [-0.3, -0.25) is 28.8 Å². The molecule has 3 aromatic carbocycles. The molecule has 2 saturated carbocycles. The lowest BCUT2D eigenvalue weighted by Crippen LogP contribution is -2.82. The maximum Gasteiger partial charge on any atom is 0.350 e. The van der Waals surface area contributed by atoms with E-state index in [1.165, 1.54) is 26.0 Å². The van der Waals surface area contributed by atoms with E-state index in [0.717, 1.165) is 20.1 Å². The zero-order valence-electron chi connectivity index (χ0n) is 41.5. The van der Waals surface area contributed by atoms with Gasteiger partial charge >= 0.3 is 35.8 Å². The van der Waals surface area contributed by atoms with Crippen molar-refractivity contribution in [1.29, 1.82) is 0 Å². The maximum atomic E-state index is 15.7. The molecule has 11 atom stereocenters. The van der Waals surface area contributed by atoms with Gasteiger partial charge in [0.1, 0.15) is 30.0 Å². The highest BCUT2D eigenvalue weighted by Crippen LogP contribution is 2.64. The van der Waals surface area contributed by atoms with Crippen LogP contribution in [-0.2, 0) is 61.9 Å². The van der Waals surface area contributed by atoms with Crippen LogP contribution in [0.2, 0.25) is 0 Å². The number of esters is 6. The van der Waals surface area contributed by atoms with E-state index < -0.39 is 125 Å². The Morgan fingerprint density at radius 1 is 0.822 bits per heavy atom. The van der Waals surface area contributed by atoms with Gasteiger partial charge in [0.05, 0.1) is 35.9 Å². The van der Waals surface area contributed by atoms with E-state index in [2.05, 4.69) is 11.9 Å². The number of amides is 1. The van der Waals surface area contributed by atoms with E-state index in [9.17, 15) is 39.0 Å². The third-order valence-corrected chi connectivity index (χ3v) is 14.9. The number of rotatable bonds is 17. The van der Waals surface area contributed by atoms with Crippen LogP contribution in [0.4, 0.5) is 0 Å². The van der Waals surface area contributed by atoms with Crippen molar-refractivity contribution >= 4 is 47.5 Å². The van der Waals surface area contributed by atoms with E-state index in [-0.39, 0.29) is 61.0 Å². The Balaban J connectivity index is 1.38. The Morgan fingerprint density at radius 3 is 1.97 bits per heavy atom. The number of carbonyl (C=O) groups excluding carboxylic acids is 8. The van der Waals surface area contributed by atoms with Crippen LogP contribution in [0.1, 0.15) is 112 Å². The number of carbonyl (C=O) groups is 8. The van der Waals surface area contributed by atoms with Crippen LogP contribution in [0.5, 0.6) is 0 Å². The van der Waals surface area contributed by atoms with Gasteiger partial charge in [-0.05, 0) is 67.7 Å². The molecule has 18 nitrogen and oxygen atoms in total. The number of hydrogen-bond donors (Lipinski definition) is 3. The predicted octanol–water partition coefficient (Wildman–Crippen LogP) is 5.53. The minimum Gasteiger partial charge on any atom is -0.455 e. The van der Waals surface area contributed by atoms with Crippen LogP contribution in [0.25, 0.3) is 0 Å². The van der Waals surface area contributed by atoms with Crippen LogP contribution < -0.4 is 5.32 Å². The first-order valence-corrected chi connectivity index (χ1v) is 24.1. The summed E-state index contributed by atoms with van der Waals surface area (Å²) in [4.78, 5) is 112. The number of benzene rings is 3. The van der Waals surface area contributed by atoms with Crippen LogP contribution in [-0.4, -0.2) is 112 Å². The molecule has 1 amide bonds. The molecule has 1 heterocycles. The zero-order chi connectivity index (χ0) is 53.0. The Bertz CT molecular complexity index is 2650. The second-order valence-electron chi connectivity index (χ2n) is 19.7. The lowest BCUT2D eigenvalue weighted by atomic mass is 9.44. The van der Waals surface area contributed by atoms with Gasteiger partial charge in [-0.25, -0.2) is 9.59 Å². The summed E-state index contributed by atoms with van der Waals surface area (Å²) >= 11 is 0. The molecule has 9 unspecified atom stereocenters. The molecule has 1 aliphatic heterocycles. The fourth-order valence-electron chi connectivity index (χ4n) is 11.2. The number of fused-ring (bicyclic) bond motifs is 5. The lowest BCUT2D eigenvalue weighted by molar-refractivity contribution is -0.346. The van der Waals surface area contributed by atoms with E-state index in [4.69, 9.17) is 33.2 Å². The number of aliphatic hydroxyl groups excluding tert-OH is 1. The number of Topliss-reactive ketones (excluding diaryl/α,β-unsaturated/α-hetero) is 1. The first-order valence-electron chi connectivity index (χ1n) is 24.1. The Hall–Kier alpha value is -7.02. The molecule has 0 aromatic heterocycles. The van der Waals surface area contributed by atoms with Gasteiger partial charge in [-0.15, -0.1) is 0 Å². The first kappa shape index (κ1) is 53.8. The molecule has 3 aliphatic carbocycles. The minimum atomic E-state index is -2.48. The highest BCUT2D eigenvalue weighted by atomic mass is 16.6. The highest BCUT2D eigenvalue weighted by molar-refractivity contribution is 5.96. The number of ether oxygens (including phenoxy) is 7. The van der Waals surface area contributed by atoms with Crippen molar-refractivity contribution in [3.8, 4) is 0 Å². The van der Waals surface area contributed by atoms with Gasteiger partial charge in [0.15, 0.2) is 17.5 Å². The van der Waals surface area contributed by atoms with Crippen LogP contribution in [0, 0.1) is 16.7 Å². The molecule has 0 spiro atoms. The van der Waals surface area contributed by atoms with Crippen molar-refractivity contribution in [3.63, 3.8) is 0 Å². The molecular formula is C55H61NO17. The molecule has 1 saturated heterocycles. The van der Waals surface area contributed by atoms with Crippen molar-refractivity contribution in [2.45, 2.75) is 134 Å². The van der Waals surface area contributed by atoms with Crippen molar-refractivity contribution in [3.05, 3.63) is 132 Å². The summed E-state index contributed by atoms with van der Waals surface area (Å²) in [5.74, 6) is -8.59. The zero-order valence-corrected chi connectivity index (χ0v) is 41.5. The van der Waals surface area contributed by atoms with Crippen LogP contribution >= 0.6 is 0 Å². The summed E-state index contributed by atoms with van der Waals surface area (Å²) in [6.45, 7) is 11.2. The van der Waals surface area contributed by atoms with Crippen molar-refractivity contribution in [2.75, 3.05) is 6.61 Å². The summed E-state index contributed by atoms with van der Waals surface area (Å²) in [5.41, 5.74) is -7.55. The fourth-order valence-corrected chi connectivity index (χ4v) is 11.2. The van der Waals surface area contributed by atoms with Crippen molar-refractivity contribution < 1.29 is 81.7 Å². The van der Waals surface area contributed by atoms with Gasteiger partial charge in [-0.1, -0.05) is 87.2 Å². The predicted molar refractivity (Wildman–Crippen MR) is 256 cm³/mol. The Kier molecular flexibility index (Phi) is 15.9. The molecule has 7 rings (SSSR count). The van der Waals surface area contributed by atoms with Gasteiger partial charge < -0.3 is 48.7 Å². The summed E-state index contributed by atoms with van der Waals surface area (Å²) in [7, 11) is 0. The number of nitrogens with one attached hydrogen (secondary N) is 1. The van der Waals surface area contributed by atoms with Gasteiger partial charge in [-0.2, -0.15) is 0 Å². The second kappa shape index (κ2) is 21.6. The summed E-state index contributed by atoms with van der Waals surface area (Å²) < 4.78 is 41.5. The van der Waals surface area contributed by atoms with Crippen LogP contribution in [0.3, 0.4) is 0 Å². The SMILES string of the molecule is C=COC(=O)CCCCC(=O)OC(C(=O)OC1CC2(O)C(OC(=O)c3ccccc3)C3[C@]4(OC(C)=O)COC4CC(O)[C@@]3(C)C(=O)C(OC(C)=O)C(=C1C)C2(C)C)C(NC(=O)c1ccccc1)c1ccccc1. The largest absolute Gasteiger partial charge is 0.455 e. The normalized spacial score (nSPS) is 28.6. The molecule has 0 radical (unpaired) electrons. The van der Waals surface area contributed by atoms with Gasteiger partial charge in [0, 0.05) is 50.5 Å². The van der Waals surface area contributed by atoms with E-state index in [1.54, 1.807) is 92.7 Å². The summed E-state index contributed by atoms with van der Waals surface area (Å²) in [6.07, 6.45) is -9.91. The molecule has 3 fully saturated rings. The average Bonchev–Trinajstić information content (AvgIpc) is 3.35. The third-order valence-electron chi connectivity index (χ3n) is 14.9. The molecule has 18 heteroatoms. The quantitative estimate of drug-likeness (QED) is 0.0494. The molecule has 4 aliphatic rings. The second-order valence-corrected chi connectivity index (χ2v) is 19.7. The highest BCUT2D eigenvalue weighted by Gasteiger charge is 2.78. The number of hydrogen-bond acceptors (Lipinski definition) is 17. The molecule has 2 bridgehead atoms.